The average molecular weight is 376 g/mol. The summed E-state index contributed by atoms with van der Waals surface area (Å²) in [6, 6.07) is 0.976. The Bertz CT molecular complexity index is 666. The van der Waals surface area contributed by atoms with Crippen LogP contribution in [0.4, 0.5) is 28.0 Å². The van der Waals surface area contributed by atoms with Crippen molar-refractivity contribution in [2.45, 2.75) is 19.0 Å². The average Bonchev–Trinajstić information content (AvgIpc) is 2.56. The van der Waals surface area contributed by atoms with Crippen molar-refractivity contribution in [3.05, 3.63) is 29.6 Å². The van der Waals surface area contributed by atoms with Crippen LogP contribution in [-0.2, 0) is 11.0 Å². The number of amides is 3. The molecule has 26 heavy (non-hydrogen) atoms. The molecule has 0 radical (unpaired) electrons. The molecule has 1 aliphatic heterocycles. The Labute approximate surface area is 147 Å². The molecule has 2 rings (SSSR count). The van der Waals surface area contributed by atoms with Crippen molar-refractivity contribution < 1.29 is 27.2 Å². The van der Waals surface area contributed by atoms with Crippen LogP contribution in [0.25, 0.3) is 0 Å². The number of alkyl halides is 3. The minimum atomic E-state index is -4.63. The fraction of sp³-hybridized carbons (Fsp3) is 0.500. The van der Waals surface area contributed by atoms with Crippen molar-refractivity contribution >= 4 is 17.6 Å². The van der Waals surface area contributed by atoms with Crippen molar-refractivity contribution in [3.8, 4) is 0 Å². The lowest BCUT2D eigenvalue weighted by atomic mass is 9.97. The molecule has 1 aliphatic rings. The van der Waals surface area contributed by atoms with Crippen LogP contribution in [0.1, 0.15) is 18.4 Å². The number of piperidine rings is 1. The van der Waals surface area contributed by atoms with E-state index < -0.39 is 29.3 Å². The zero-order valence-electron chi connectivity index (χ0n) is 13.9. The van der Waals surface area contributed by atoms with Crippen molar-refractivity contribution in [1.82, 2.24) is 10.2 Å². The number of likely N-dealkylation sites (tertiary alicyclic amines) is 1. The van der Waals surface area contributed by atoms with Gasteiger partial charge in [0.05, 0.1) is 17.2 Å². The maximum absolute atomic E-state index is 13.6. The number of rotatable bonds is 5. The lowest BCUT2D eigenvalue weighted by Crippen LogP contribution is -2.44. The monoisotopic (exact) mass is 376 g/mol. The van der Waals surface area contributed by atoms with Gasteiger partial charge in [-0.05, 0) is 37.6 Å². The number of primary amides is 1. The van der Waals surface area contributed by atoms with E-state index in [2.05, 4.69) is 10.6 Å². The first-order chi connectivity index (χ1) is 12.2. The zero-order valence-corrected chi connectivity index (χ0v) is 13.9. The number of benzene rings is 1. The van der Waals surface area contributed by atoms with Gasteiger partial charge in [0.25, 0.3) is 0 Å². The second kappa shape index (κ2) is 8.35. The molecule has 1 aromatic carbocycles. The maximum Gasteiger partial charge on any atom is 0.416 e. The lowest BCUT2D eigenvalue weighted by Gasteiger charge is -2.31. The SMILES string of the molecule is NC(=O)[C@@H]1CCCN(CCNC(=O)Nc2cc(C(F)(F)F)ccc2F)C1. The zero-order chi connectivity index (χ0) is 19.3. The minimum Gasteiger partial charge on any atom is -0.369 e. The van der Waals surface area contributed by atoms with Gasteiger partial charge in [-0.2, -0.15) is 13.2 Å². The van der Waals surface area contributed by atoms with Gasteiger partial charge >= 0.3 is 12.2 Å². The van der Waals surface area contributed by atoms with Gasteiger partial charge < -0.3 is 21.3 Å². The van der Waals surface area contributed by atoms with Gasteiger partial charge in [0.1, 0.15) is 5.82 Å². The standard InChI is InChI=1S/C16H20F4N4O2/c17-12-4-3-11(16(18,19)20)8-13(12)23-15(26)22-5-7-24-6-1-2-10(9-24)14(21)25/h3-4,8,10H,1-2,5-7,9H2,(H2,21,25)(H2,22,23,26)/t10-/m1/s1. The number of hydrogen-bond acceptors (Lipinski definition) is 3. The van der Waals surface area contributed by atoms with Gasteiger partial charge in [0, 0.05) is 19.6 Å². The van der Waals surface area contributed by atoms with Crippen LogP contribution in [-0.4, -0.2) is 43.0 Å². The fourth-order valence-electron chi connectivity index (χ4n) is 2.78. The second-order valence-corrected chi connectivity index (χ2v) is 6.12. The summed E-state index contributed by atoms with van der Waals surface area (Å²) in [5.41, 5.74) is 3.68. The summed E-state index contributed by atoms with van der Waals surface area (Å²) in [6.45, 7) is 1.90. The topological polar surface area (TPSA) is 87.5 Å². The first-order valence-electron chi connectivity index (χ1n) is 8.10. The Hall–Kier alpha value is -2.36. The second-order valence-electron chi connectivity index (χ2n) is 6.12. The summed E-state index contributed by atoms with van der Waals surface area (Å²) >= 11 is 0. The largest absolute Gasteiger partial charge is 0.416 e. The third-order valence-corrected chi connectivity index (χ3v) is 4.16. The number of carbonyl (C=O) groups excluding carboxylic acids is 2. The van der Waals surface area contributed by atoms with Gasteiger partial charge in [-0.15, -0.1) is 0 Å². The molecule has 0 spiro atoms. The Morgan fingerprint density at radius 3 is 2.69 bits per heavy atom. The number of halogens is 4. The molecule has 0 aliphatic carbocycles. The predicted molar refractivity (Wildman–Crippen MR) is 86.8 cm³/mol. The third-order valence-electron chi connectivity index (χ3n) is 4.16. The molecule has 1 aromatic rings. The van der Waals surface area contributed by atoms with Crippen LogP contribution in [0, 0.1) is 11.7 Å². The molecule has 144 valence electrons. The van der Waals surface area contributed by atoms with Crippen molar-refractivity contribution in [3.63, 3.8) is 0 Å². The van der Waals surface area contributed by atoms with Crippen molar-refractivity contribution in [2.24, 2.45) is 11.7 Å². The van der Waals surface area contributed by atoms with Crippen LogP contribution in [0.5, 0.6) is 0 Å². The summed E-state index contributed by atoms with van der Waals surface area (Å²) in [6.07, 6.45) is -3.09. The minimum absolute atomic E-state index is 0.192. The van der Waals surface area contributed by atoms with Gasteiger partial charge in [-0.3, -0.25) is 4.79 Å². The highest BCUT2D eigenvalue weighted by Crippen LogP contribution is 2.31. The van der Waals surface area contributed by atoms with Crippen LogP contribution >= 0.6 is 0 Å². The van der Waals surface area contributed by atoms with E-state index in [4.69, 9.17) is 5.73 Å². The van der Waals surface area contributed by atoms with Crippen molar-refractivity contribution in [2.75, 3.05) is 31.5 Å². The first kappa shape index (κ1) is 20.0. The van der Waals surface area contributed by atoms with E-state index in [0.717, 1.165) is 19.4 Å². The highest BCUT2D eigenvalue weighted by Gasteiger charge is 2.31. The summed E-state index contributed by atoms with van der Waals surface area (Å²) in [4.78, 5) is 25.0. The smallest absolute Gasteiger partial charge is 0.369 e. The van der Waals surface area contributed by atoms with E-state index >= 15 is 0 Å². The first-order valence-corrected chi connectivity index (χ1v) is 8.10. The van der Waals surface area contributed by atoms with Crippen LogP contribution in [0.3, 0.4) is 0 Å². The van der Waals surface area contributed by atoms with Gasteiger partial charge in [0.2, 0.25) is 5.91 Å². The summed E-state index contributed by atoms with van der Waals surface area (Å²) in [5.74, 6) is -1.55. The maximum atomic E-state index is 13.6. The molecule has 1 fully saturated rings. The predicted octanol–water partition coefficient (Wildman–Crippen LogP) is 2.16. The van der Waals surface area contributed by atoms with E-state index in [0.29, 0.717) is 31.3 Å². The highest BCUT2D eigenvalue weighted by atomic mass is 19.4. The fourth-order valence-corrected chi connectivity index (χ4v) is 2.78. The van der Waals surface area contributed by atoms with E-state index in [9.17, 15) is 27.2 Å². The van der Waals surface area contributed by atoms with E-state index in [1.807, 2.05) is 4.90 Å². The molecule has 4 N–H and O–H groups in total. The quantitative estimate of drug-likeness (QED) is 0.689. The summed E-state index contributed by atoms with van der Waals surface area (Å²) in [5, 5.41) is 4.52. The molecule has 0 saturated carbocycles. The molecule has 3 amide bonds. The summed E-state index contributed by atoms with van der Waals surface area (Å²) in [7, 11) is 0. The molecule has 1 heterocycles. The van der Waals surface area contributed by atoms with Gasteiger partial charge in [-0.25, -0.2) is 9.18 Å². The number of urea groups is 1. The summed E-state index contributed by atoms with van der Waals surface area (Å²) < 4.78 is 51.5. The molecule has 0 aromatic heterocycles. The Morgan fingerprint density at radius 1 is 1.31 bits per heavy atom. The van der Waals surface area contributed by atoms with E-state index in [1.165, 1.54) is 0 Å². The normalized spacial score (nSPS) is 18.4. The van der Waals surface area contributed by atoms with Crippen LogP contribution in [0.2, 0.25) is 0 Å². The Kier molecular flexibility index (Phi) is 6.41. The third kappa shape index (κ3) is 5.58. The van der Waals surface area contributed by atoms with E-state index in [-0.39, 0.29) is 18.4 Å². The number of nitrogens with zero attached hydrogens (tertiary/aromatic N) is 1. The molecule has 1 saturated heterocycles. The molecule has 10 heteroatoms. The lowest BCUT2D eigenvalue weighted by molar-refractivity contribution is -0.137. The Morgan fingerprint density at radius 2 is 2.04 bits per heavy atom. The molecular formula is C16H20F4N4O2. The number of carbonyl (C=O) groups is 2. The number of hydrogen-bond donors (Lipinski definition) is 3. The Balaban J connectivity index is 1.83. The number of nitrogens with one attached hydrogen (secondary N) is 2. The van der Waals surface area contributed by atoms with E-state index in [1.54, 1.807) is 0 Å². The molecule has 6 nitrogen and oxygen atoms in total. The highest BCUT2D eigenvalue weighted by molar-refractivity contribution is 5.89. The number of nitrogens with two attached hydrogens (primary N) is 1. The van der Waals surface area contributed by atoms with Crippen molar-refractivity contribution in [1.29, 1.82) is 0 Å². The molecule has 1 atom stereocenters. The van der Waals surface area contributed by atoms with Gasteiger partial charge in [0.15, 0.2) is 0 Å². The number of anilines is 1. The van der Waals surface area contributed by atoms with Gasteiger partial charge in [-0.1, -0.05) is 0 Å². The molecular weight excluding hydrogens is 356 g/mol. The van der Waals surface area contributed by atoms with Crippen LogP contribution in [0.15, 0.2) is 18.2 Å². The molecule has 0 unspecified atom stereocenters. The van der Waals surface area contributed by atoms with Crippen LogP contribution < -0.4 is 16.4 Å². The molecule has 0 bridgehead atoms.